The highest BCUT2D eigenvalue weighted by molar-refractivity contribution is 6.10. The van der Waals surface area contributed by atoms with Crippen LogP contribution in [0, 0.1) is 5.92 Å². The first kappa shape index (κ1) is 14.2. The number of aliphatic imine (C=N–C) groups is 1. The molecule has 3 rings (SSSR count). The minimum absolute atomic E-state index is 0.199. The third-order valence-corrected chi connectivity index (χ3v) is 3.58. The Kier molecular flexibility index (Phi) is 3.40. The van der Waals surface area contributed by atoms with Crippen molar-refractivity contribution in [1.82, 2.24) is 9.55 Å². The molecule has 0 fully saturated rings. The van der Waals surface area contributed by atoms with Crippen LogP contribution in [0.2, 0.25) is 0 Å². The number of hydrogen-bond donors (Lipinski definition) is 1. The molecule has 2 atom stereocenters. The van der Waals surface area contributed by atoms with Crippen molar-refractivity contribution in [3.8, 4) is 0 Å². The average molecular weight is 300 g/mol. The van der Waals surface area contributed by atoms with E-state index in [9.17, 15) is 9.59 Å². The van der Waals surface area contributed by atoms with Crippen LogP contribution in [-0.4, -0.2) is 33.4 Å². The summed E-state index contributed by atoms with van der Waals surface area (Å²) in [5.41, 5.74) is 7.31. The molecule has 2 aromatic rings. The number of amidine groups is 1. The minimum Gasteiger partial charge on any atom is -0.463 e. The van der Waals surface area contributed by atoms with Gasteiger partial charge in [-0.05, 0) is 19.1 Å². The zero-order valence-corrected chi connectivity index (χ0v) is 12.3. The van der Waals surface area contributed by atoms with E-state index in [1.165, 1.54) is 11.5 Å². The fourth-order valence-corrected chi connectivity index (χ4v) is 2.67. The maximum Gasteiger partial charge on any atom is 0.302 e. The van der Waals surface area contributed by atoms with E-state index in [0.29, 0.717) is 23.4 Å². The van der Waals surface area contributed by atoms with Crippen molar-refractivity contribution < 1.29 is 14.3 Å². The third kappa shape index (κ3) is 2.34. The van der Waals surface area contributed by atoms with E-state index < -0.39 is 12.0 Å². The summed E-state index contributed by atoms with van der Waals surface area (Å²) >= 11 is 0. The molecule has 0 saturated heterocycles. The molecule has 1 aromatic carbocycles. The standard InChI is InChI=1S/C15H16N4O3/c1-8(22-9(2)20)7-10-13(16)18-15-17-11-5-3-4-6-12(11)19(15)14(10)21/h3-6,8,10H,7H2,1-2H3,(H2,16,17,18). The van der Waals surface area contributed by atoms with Gasteiger partial charge in [0.15, 0.2) is 0 Å². The molecular formula is C15H16N4O3. The lowest BCUT2D eigenvalue weighted by Crippen LogP contribution is -2.39. The Morgan fingerprint density at radius 2 is 2.18 bits per heavy atom. The van der Waals surface area contributed by atoms with E-state index in [-0.39, 0.29) is 17.7 Å². The molecule has 0 spiro atoms. The van der Waals surface area contributed by atoms with Gasteiger partial charge in [0, 0.05) is 13.3 Å². The Hall–Kier alpha value is -2.70. The second kappa shape index (κ2) is 5.25. The van der Waals surface area contributed by atoms with E-state index in [0.717, 1.165) is 0 Å². The topological polar surface area (TPSA) is 99.6 Å². The van der Waals surface area contributed by atoms with Gasteiger partial charge in [0.1, 0.15) is 11.9 Å². The zero-order chi connectivity index (χ0) is 15.9. The molecule has 0 saturated carbocycles. The summed E-state index contributed by atoms with van der Waals surface area (Å²) in [5.74, 6) is -0.721. The number of imidazole rings is 1. The summed E-state index contributed by atoms with van der Waals surface area (Å²) in [7, 11) is 0. The van der Waals surface area contributed by atoms with Crippen molar-refractivity contribution in [1.29, 1.82) is 0 Å². The second-order valence-electron chi connectivity index (χ2n) is 5.32. The highest BCUT2D eigenvalue weighted by atomic mass is 16.5. The van der Waals surface area contributed by atoms with E-state index >= 15 is 0 Å². The first-order valence-electron chi connectivity index (χ1n) is 7.00. The van der Waals surface area contributed by atoms with Crippen LogP contribution in [0.3, 0.4) is 0 Å². The van der Waals surface area contributed by atoms with Gasteiger partial charge in [-0.25, -0.2) is 9.55 Å². The van der Waals surface area contributed by atoms with Crippen LogP contribution in [0.1, 0.15) is 25.1 Å². The molecule has 2 N–H and O–H groups in total. The van der Waals surface area contributed by atoms with Crippen molar-refractivity contribution in [3.63, 3.8) is 0 Å². The molecule has 0 bridgehead atoms. The van der Waals surface area contributed by atoms with Crippen LogP contribution >= 0.6 is 0 Å². The number of benzene rings is 1. The SMILES string of the molecule is CC(=O)OC(C)CC1C(=O)n2c(nc3ccccc32)N=C1N. The molecule has 0 amide bonds. The van der Waals surface area contributed by atoms with Crippen LogP contribution in [0.5, 0.6) is 0 Å². The van der Waals surface area contributed by atoms with E-state index in [4.69, 9.17) is 10.5 Å². The molecule has 0 aliphatic carbocycles. The normalized spacial score (nSPS) is 18.7. The number of nitrogens with zero attached hydrogens (tertiary/aromatic N) is 3. The molecule has 22 heavy (non-hydrogen) atoms. The van der Waals surface area contributed by atoms with Gasteiger partial charge in [0.25, 0.3) is 0 Å². The average Bonchev–Trinajstić information content (AvgIpc) is 2.80. The molecule has 0 radical (unpaired) electrons. The molecule has 1 aliphatic rings. The van der Waals surface area contributed by atoms with Crippen LogP contribution in [0.4, 0.5) is 5.95 Å². The van der Waals surface area contributed by atoms with Crippen LogP contribution < -0.4 is 5.73 Å². The Morgan fingerprint density at radius 1 is 1.45 bits per heavy atom. The molecule has 1 aromatic heterocycles. The number of para-hydroxylation sites is 2. The quantitative estimate of drug-likeness (QED) is 0.868. The van der Waals surface area contributed by atoms with Crippen LogP contribution in [-0.2, 0) is 9.53 Å². The predicted octanol–water partition coefficient (Wildman–Crippen LogP) is 1.64. The van der Waals surface area contributed by atoms with Crippen molar-refractivity contribution in [3.05, 3.63) is 24.3 Å². The first-order valence-corrected chi connectivity index (χ1v) is 7.00. The fourth-order valence-electron chi connectivity index (χ4n) is 2.67. The van der Waals surface area contributed by atoms with Gasteiger partial charge in [-0.1, -0.05) is 12.1 Å². The molecule has 7 heteroatoms. The number of hydrogen-bond acceptors (Lipinski definition) is 6. The summed E-state index contributed by atoms with van der Waals surface area (Å²) in [6, 6.07) is 7.31. The summed E-state index contributed by atoms with van der Waals surface area (Å²) in [6.07, 6.45) is -0.129. The zero-order valence-electron chi connectivity index (χ0n) is 12.3. The number of carbonyl (C=O) groups is 2. The summed E-state index contributed by atoms with van der Waals surface area (Å²) < 4.78 is 6.55. The number of rotatable bonds is 3. The molecule has 7 nitrogen and oxygen atoms in total. The maximum atomic E-state index is 12.7. The van der Waals surface area contributed by atoms with Gasteiger partial charge >= 0.3 is 5.97 Å². The lowest BCUT2D eigenvalue weighted by Gasteiger charge is -2.23. The first-order chi connectivity index (χ1) is 10.5. The van der Waals surface area contributed by atoms with Gasteiger partial charge < -0.3 is 10.5 Å². The molecule has 2 heterocycles. The van der Waals surface area contributed by atoms with Gasteiger partial charge in [-0.15, -0.1) is 0 Å². The Labute approximate surface area is 126 Å². The van der Waals surface area contributed by atoms with E-state index in [2.05, 4.69) is 9.98 Å². The highest BCUT2D eigenvalue weighted by Gasteiger charge is 2.33. The van der Waals surface area contributed by atoms with Crippen molar-refractivity contribution in [2.75, 3.05) is 0 Å². The number of aromatic nitrogens is 2. The molecular weight excluding hydrogens is 284 g/mol. The monoisotopic (exact) mass is 300 g/mol. The smallest absolute Gasteiger partial charge is 0.302 e. The lowest BCUT2D eigenvalue weighted by atomic mass is 9.98. The largest absolute Gasteiger partial charge is 0.463 e. The van der Waals surface area contributed by atoms with Gasteiger partial charge in [0.2, 0.25) is 11.9 Å². The van der Waals surface area contributed by atoms with Gasteiger partial charge in [-0.2, -0.15) is 4.99 Å². The molecule has 1 aliphatic heterocycles. The predicted molar refractivity (Wildman–Crippen MR) is 81.0 cm³/mol. The summed E-state index contributed by atoms with van der Waals surface area (Å²) in [5, 5.41) is 0. The number of fused-ring (bicyclic) bond motifs is 3. The maximum absolute atomic E-state index is 12.7. The second-order valence-corrected chi connectivity index (χ2v) is 5.32. The summed E-state index contributed by atoms with van der Waals surface area (Å²) in [6.45, 7) is 3.06. The number of nitrogens with two attached hydrogens (primary N) is 1. The number of carbonyl (C=O) groups excluding carboxylic acids is 2. The van der Waals surface area contributed by atoms with Crippen LogP contribution in [0.15, 0.2) is 29.3 Å². The van der Waals surface area contributed by atoms with Gasteiger partial charge in [-0.3, -0.25) is 9.59 Å². The Bertz CT molecular complexity index is 793. The Morgan fingerprint density at radius 3 is 2.91 bits per heavy atom. The summed E-state index contributed by atoms with van der Waals surface area (Å²) in [4.78, 5) is 32.3. The van der Waals surface area contributed by atoms with Gasteiger partial charge in [0.05, 0.1) is 17.0 Å². The van der Waals surface area contributed by atoms with Crippen molar-refractivity contribution >= 4 is 34.7 Å². The fraction of sp³-hybridized carbons (Fsp3) is 0.333. The number of ether oxygens (including phenoxy) is 1. The van der Waals surface area contributed by atoms with Crippen molar-refractivity contribution in [2.45, 2.75) is 26.4 Å². The highest BCUT2D eigenvalue weighted by Crippen LogP contribution is 2.28. The molecule has 114 valence electrons. The van der Waals surface area contributed by atoms with E-state index in [1.807, 2.05) is 24.3 Å². The van der Waals surface area contributed by atoms with E-state index in [1.54, 1.807) is 6.92 Å². The Balaban J connectivity index is 1.97. The van der Waals surface area contributed by atoms with Crippen LogP contribution in [0.25, 0.3) is 11.0 Å². The minimum atomic E-state index is -0.626. The number of esters is 1. The molecule has 2 unspecified atom stereocenters. The third-order valence-electron chi connectivity index (χ3n) is 3.58. The lowest BCUT2D eigenvalue weighted by molar-refractivity contribution is -0.145. The van der Waals surface area contributed by atoms with Crippen molar-refractivity contribution in [2.24, 2.45) is 16.6 Å².